The first kappa shape index (κ1) is 15.9. The Labute approximate surface area is 154 Å². The number of pyridine rings is 1. The van der Waals surface area contributed by atoms with Gasteiger partial charge in [0.05, 0.1) is 0 Å². The van der Waals surface area contributed by atoms with Crippen molar-refractivity contribution in [1.29, 1.82) is 0 Å². The number of nitrogens with zero attached hydrogens (tertiary/aromatic N) is 3. The van der Waals surface area contributed by atoms with Crippen LogP contribution < -0.4 is 16.4 Å². The fraction of sp³-hybridized carbons (Fsp3) is 0.550. The predicted octanol–water partition coefficient (Wildman–Crippen LogP) is 3.89. The summed E-state index contributed by atoms with van der Waals surface area (Å²) in [5.41, 5.74) is 8.13. The highest BCUT2D eigenvalue weighted by atomic mass is 15.1. The van der Waals surface area contributed by atoms with Crippen LogP contribution in [0.1, 0.15) is 44.2 Å². The van der Waals surface area contributed by atoms with Gasteiger partial charge in [0.15, 0.2) is 11.6 Å². The Kier molecular flexibility index (Phi) is 3.55. The Hall–Kier alpha value is -2.37. The zero-order chi connectivity index (χ0) is 17.7. The van der Waals surface area contributed by atoms with Gasteiger partial charge in [0.2, 0.25) is 0 Å². The summed E-state index contributed by atoms with van der Waals surface area (Å²) in [6, 6.07) is 5.85. The van der Waals surface area contributed by atoms with E-state index in [0.29, 0.717) is 11.5 Å². The topological polar surface area (TPSA) is 88.8 Å². The van der Waals surface area contributed by atoms with Crippen LogP contribution in [0.2, 0.25) is 0 Å². The molecule has 4 aliphatic rings. The average molecular weight is 350 g/mol. The molecule has 0 aliphatic heterocycles. The second-order valence-electron chi connectivity index (χ2n) is 8.60. The molecule has 4 bridgehead atoms. The largest absolute Gasteiger partial charge is 0.393 e. The Balaban J connectivity index is 1.40. The van der Waals surface area contributed by atoms with Crippen molar-refractivity contribution in [3.63, 3.8) is 0 Å². The normalized spacial score (nSPS) is 31.8. The van der Waals surface area contributed by atoms with E-state index >= 15 is 0 Å². The van der Waals surface area contributed by atoms with Gasteiger partial charge >= 0.3 is 0 Å². The standard InChI is InChI=1S/C20H26N6/c1-12-3-2-4-16(24-12)25-18-17(21)19(23-11-22-18)26-20-8-13-5-14(9-20)7-15(6-13)10-20/h2-4,11,13-15H,5-10,21H2,1H3,(H2,22,23,24,25,26). The zero-order valence-corrected chi connectivity index (χ0v) is 15.2. The van der Waals surface area contributed by atoms with Crippen LogP contribution in [0.3, 0.4) is 0 Å². The third kappa shape index (κ3) is 2.77. The summed E-state index contributed by atoms with van der Waals surface area (Å²) in [5, 5.41) is 6.99. The van der Waals surface area contributed by atoms with E-state index in [9.17, 15) is 0 Å². The predicted molar refractivity (Wildman–Crippen MR) is 103 cm³/mol. The molecule has 0 spiro atoms. The van der Waals surface area contributed by atoms with E-state index in [-0.39, 0.29) is 5.54 Å². The fourth-order valence-corrected chi connectivity index (χ4v) is 5.84. The number of hydrogen-bond acceptors (Lipinski definition) is 6. The van der Waals surface area contributed by atoms with Crippen molar-refractivity contribution in [3.8, 4) is 0 Å². The highest BCUT2D eigenvalue weighted by Crippen LogP contribution is 2.56. The van der Waals surface area contributed by atoms with Crippen LogP contribution in [-0.2, 0) is 0 Å². The lowest BCUT2D eigenvalue weighted by Gasteiger charge is -2.57. The molecule has 0 aromatic carbocycles. The first-order valence-electron chi connectivity index (χ1n) is 9.68. The lowest BCUT2D eigenvalue weighted by atomic mass is 9.53. The van der Waals surface area contributed by atoms with Gasteiger partial charge in [-0.15, -0.1) is 0 Å². The van der Waals surface area contributed by atoms with E-state index in [2.05, 4.69) is 25.6 Å². The lowest BCUT2D eigenvalue weighted by Crippen LogP contribution is -2.55. The molecule has 6 rings (SSSR count). The molecule has 0 radical (unpaired) electrons. The van der Waals surface area contributed by atoms with E-state index < -0.39 is 0 Å². The Morgan fingerprint density at radius 1 is 1.00 bits per heavy atom. The highest BCUT2D eigenvalue weighted by Gasteiger charge is 2.51. The van der Waals surface area contributed by atoms with Gasteiger partial charge < -0.3 is 16.4 Å². The van der Waals surface area contributed by atoms with Crippen molar-refractivity contribution < 1.29 is 0 Å². The minimum absolute atomic E-state index is 0.177. The van der Waals surface area contributed by atoms with Crippen LogP contribution in [-0.4, -0.2) is 20.5 Å². The number of anilines is 4. The smallest absolute Gasteiger partial charge is 0.160 e. The summed E-state index contributed by atoms with van der Waals surface area (Å²) in [6.45, 7) is 1.97. The van der Waals surface area contributed by atoms with Crippen molar-refractivity contribution in [2.75, 3.05) is 16.4 Å². The molecule has 6 nitrogen and oxygen atoms in total. The second-order valence-corrected chi connectivity index (χ2v) is 8.60. The maximum absolute atomic E-state index is 6.42. The molecule has 0 atom stereocenters. The van der Waals surface area contributed by atoms with Gasteiger partial charge in [0, 0.05) is 11.2 Å². The summed E-state index contributed by atoms with van der Waals surface area (Å²) in [6.07, 6.45) is 9.61. The Morgan fingerprint density at radius 2 is 1.65 bits per heavy atom. The third-order valence-electron chi connectivity index (χ3n) is 6.44. The van der Waals surface area contributed by atoms with Crippen LogP contribution in [0.5, 0.6) is 0 Å². The summed E-state index contributed by atoms with van der Waals surface area (Å²) in [5.74, 6) is 4.77. The van der Waals surface area contributed by atoms with Crippen molar-refractivity contribution in [2.24, 2.45) is 17.8 Å². The van der Waals surface area contributed by atoms with E-state index in [0.717, 1.165) is 35.1 Å². The first-order valence-corrected chi connectivity index (χ1v) is 9.68. The number of nitrogen functional groups attached to an aromatic ring is 1. The summed E-state index contributed by atoms with van der Waals surface area (Å²) < 4.78 is 0. The molecule has 26 heavy (non-hydrogen) atoms. The molecule has 4 saturated carbocycles. The van der Waals surface area contributed by atoms with E-state index in [4.69, 9.17) is 5.73 Å². The minimum Gasteiger partial charge on any atom is -0.393 e. The Morgan fingerprint density at radius 3 is 2.31 bits per heavy atom. The molecule has 2 aromatic rings. The fourth-order valence-electron chi connectivity index (χ4n) is 5.84. The number of aromatic nitrogens is 3. The number of aryl methyl sites for hydroxylation is 1. The summed E-state index contributed by atoms with van der Waals surface area (Å²) >= 11 is 0. The quantitative estimate of drug-likeness (QED) is 0.775. The first-order chi connectivity index (χ1) is 12.6. The van der Waals surface area contributed by atoms with Gasteiger partial charge in [-0.05, 0) is 75.3 Å². The molecule has 6 heteroatoms. The van der Waals surface area contributed by atoms with Gasteiger partial charge in [-0.3, -0.25) is 0 Å². The van der Waals surface area contributed by atoms with Crippen LogP contribution in [0.25, 0.3) is 0 Å². The molecule has 0 unspecified atom stereocenters. The number of nitrogens with one attached hydrogen (secondary N) is 2. The number of nitrogens with two attached hydrogens (primary N) is 1. The Bertz CT molecular complexity index is 798. The van der Waals surface area contributed by atoms with Crippen molar-refractivity contribution in [1.82, 2.24) is 15.0 Å². The molecule has 0 amide bonds. The van der Waals surface area contributed by atoms with Crippen LogP contribution in [0.15, 0.2) is 24.5 Å². The number of hydrogen-bond donors (Lipinski definition) is 3. The molecule has 4 aliphatic carbocycles. The second kappa shape index (κ2) is 5.83. The van der Waals surface area contributed by atoms with Crippen LogP contribution in [0, 0.1) is 24.7 Å². The highest BCUT2D eigenvalue weighted by molar-refractivity contribution is 5.77. The van der Waals surface area contributed by atoms with Crippen molar-refractivity contribution in [2.45, 2.75) is 51.0 Å². The van der Waals surface area contributed by atoms with E-state index in [1.165, 1.54) is 38.5 Å². The van der Waals surface area contributed by atoms with Gasteiger partial charge in [0.25, 0.3) is 0 Å². The van der Waals surface area contributed by atoms with E-state index in [1.807, 2.05) is 25.1 Å². The SMILES string of the molecule is Cc1cccc(Nc2ncnc(NC34CC5CC(CC(C5)C3)C4)c2N)n1. The lowest BCUT2D eigenvalue weighted by molar-refractivity contribution is 0.0106. The molecule has 0 saturated heterocycles. The molecule has 4 N–H and O–H groups in total. The summed E-state index contributed by atoms with van der Waals surface area (Å²) in [7, 11) is 0. The molecular weight excluding hydrogens is 324 g/mol. The van der Waals surface area contributed by atoms with Gasteiger partial charge in [0.1, 0.15) is 17.8 Å². The van der Waals surface area contributed by atoms with Gasteiger partial charge in [-0.1, -0.05) is 6.07 Å². The van der Waals surface area contributed by atoms with Crippen LogP contribution in [0.4, 0.5) is 23.1 Å². The van der Waals surface area contributed by atoms with Crippen LogP contribution >= 0.6 is 0 Å². The van der Waals surface area contributed by atoms with E-state index in [1.54, 1.807) is 6.33 Å². The van der Waals surface area contributed by atoms with Crippen molar-refractivity contribution in [3.05, 3.63) is 30.2 Å². The monoisotopic (exact) mass is 350 g/mol. The van der Waals surface area contributed by atoms with Gasteiger partial charge in [-0.25, -0.2) is 15.0 Å². The maximum atomic E-state index is 6.42. The molecule has 2 aromatic heterocycles. The maximum Gasteiger partial charge on any atom is 0.160 e. The minimum atomic E-state index is 0.177. The molecule has 136 valence electrons. The average Bonchev–Trinajstić information content (AvgIpc) is 2.57. The molecular formula is C20H26N6. The molecule has 4 fully saturated rings. The summed E-state index contributed by atoms with van der Waals surface area (Å²) in [4.78, 5) is 13.3. The third-order valence-corrected chi connectivity index (χ3v) is 6.44. The molecule has 2 heterocycles. The van der Waals surface area contributed by atoms with Gasteiger partial charge in [-0.2, -0.15) is 0 Å². The van der Waals surface area contributed by atoms with Crippen molar-refractivity contribution >= 4 is 23.1 Å². The number of rotatable bonds is 4. The zero-order valence-electron chi connectivity index (χ0n) is 15.2.